The van der Waals surface area contributed by atoms with Crippen molar-refractivity contribution in [1.29, 1.82) is 0 Å². The molecule has 2 aromatic heterocycles. The molecule has 6 heteroatoms. The fourth-order valence-electron chi connectivity index (χ4n) is 3.03. The second-order valence-electron chi connectivity index (χ2n) is 5.82. The van der Waals surface area contributed by atoms with Gasteiger partial charge in [0.2, 0.25) is 0 Å². The summed E-state index contributed by atoms with van der Waals surface area (Å²) in [4.78, 5) is 16.6. The van der Waals surface area contributed by atoms with Gasteiger partial charge in [0.05, 0.1) is 18.4 Å². The van der Waals surface area contributed by atoms with Crippen LogP contribution in [0.25, 0.3) is 33.4 Å². The molecule has 4 aromatic rings. The van der Waals surface area contributed by atoms with E-state index in [2.05, 4.69) is 15.2 Å². The van der Waals surface area contributed by atoms with Gasteiger partial charge in [0.25, 0.3) is 0 Å². The Hall–Kier alpha value is -3.67. The van der Waals surface area contributed by atoms with E-state index in [1.165, 1.54) is 7.11 Å². The van der Waals surface area contributed by atoms with Crippen LogP contribution in [0, 0.1) is 0 Å². The number of carbonyl (C=O) groups is 1. The standard InChI is InChI=1S/C20H16N4O2/c1-26-20(25)14-8-5-9-16(21)17(14)13-10-15-18(12-6-3-2-4-7-12)23-24-19(15)22-11-13/h2-11H,21H2,1H3,(H,22,23,24). The Morgan fingerprint density at radius 1 is 1.08 bits per heavy atom. The zero-order chi connectivity index (χ0) is 18.1. The quantitative estimate of drug-likeness (QED) is 0.437. The molecule has 6 nitrogen and oxygen atoms in total. The van der Waals surface area contributed by atoms with Crippen molar-refractivity contribution in [1.82, 2.24) is 15.2 Å². The molecular formula is C20H16N4O2. The molecule has 0 aliphatic carbocycles. The number of anilines is 1. The number of nitrogen functional groups attached to an aromatic ring is 1. The Bertz CT molecular complexity index is 1100. The van der Waals surface area contributed by atoms with Gasteiger partial charge in [-0.2, -0.15) is 5.10 Å². The van der Waals surface area contributed by atoms with Gasteiger partial charge < -0.3 is 10.5 Å². The smallest absolute Gasteiger partial charge is 0.338 e. The van der Waals surface area contributed by atoms with Crippen molar-refractivity contribution in [3.63, 3.8) is 0 Å². The Labute approximate surface area is 149 Å². The van der Waals surface area contributed by atoms with Crippen molar-refractivity contribution in [2.24, 2.45) is 0 Å². The van der Waals surface area contributed by atoms with Gasteiger partial charge in [0.1, 0.15) is 0 Å². The van der Waals surface area contributed by atoms with Crippen molar-refractivity contribution in [2.45, 2.75) is 0 Å². The second kappa shape index (κ2) is 6.33. The molecule has 0 saturated heterocycles. The third kappa shape index (κ3) is 2.57. The SMILES string of the molecule is COC(=O)c1cccc(N)c1-c1cnc2n[nH]c(-c3ccccc3)c2c1. The van der Waals surface area contributed by atoms with Crippen LogP contribution >= 0.6 is 0 Å². The lowest BCUT2D eigenvalue weighted by atomic mass is 9.97. The maximum absolute atomic E-state index is 12.1. The lowest BCUT2D eigenvalue weighted by Crippen LogP contribution is -2.05. The number of nitrogens with zero attached hydrogens (tertiary/aromatic N) is 2. The Balaban J connectivity index is 1.94. The van der Waals surface area contributed by atoms with Crippen LogP contribution in [0.2, 0.25) is 0 Å². The van der Waals surface area contributed by atoms with Gasteiger partial charge in [-0.15, -0.1) is 0 Å². The largest absolute Gasteiger partial charge is 0.465 e. The van der Waals surface area contributed by atoms with Crippen molar-refractivity contribution in [3.05, 3.63) is 66.4 Å². The molecule has 0 bridgehead atoms. The van der Waals surface area contributed by atoms with E-state index in [-0.39, 0.29) is 0 Å². The van der Waals surface area contributed by atoms with Gasteiger partial charge in [0.15, 0.2) is 5.65 Å². The summed E-state index contributed by atoms with van der Waals surface area (Å²) >= 11 is 0. The third-order valence-corrected chi connectivity index (χ3v) is 4.26. The summed E-state index contributed by atoms with van der Waals surface area (Å²) in [6, 6.07) is 17.0. The first kappa shape index (κ1) is 15.8. The van der Waals surface area contributed by atoms with Crippen LogP contribution in [0.4, 0.5) is 5.69 Å². The zero-order valence-electron chi connectivity index (χ0n) is 14.1. The number of methoxy groups -OCH3 is 1. The fraction of sp³-hybridized carbons (Fsp3) is 0.0500. The topological polar surface area (TPSA) is 93.9 Å². The van der Waals surface area contributed by atoms with Gasteiger partial charge in [-0.1, -0.05) is 36.4 Å². The molecule has 0 aliphatic heterocycles. The number of ether oxygens (including phenoxy) is 1. The summed E-state index contributed by atoms with van der Waals surface area (Å²) in [5, 5.41) is 8.16. The van der Waals surface area contributed by atoms with Crippen LogP contribution in [0.5, 0.6) is 0 Å². The number of nitrogens with two attached hydrogens (primary N) is 1. The van der Waals surface area contributed by atoms with Crippen molar-refractivity contribution >= 4 is 22.7 Å². The maximum atomic E-state index is 12.1. The normalized spacial score (nSPS) is 10.8. The van der Waals surface area contributed by atoms with E-state index in [0.717, 1.165) is 22.2 Å². The molecule has 0 saturated carbocycles. The van der Waals surface area contributed by atoms with E-state index in [1.54, 1.807) is 24.4 Å². The summed E-state index contributed by atoms with van der Waals surface area (Å²) in [5.41, 5.74) is 10.8. The number of nitrogens with one attached hydrogen (secondary N) is 1. The maximum Gasteiger partial charge on any atom is 0.338 e. The molecule has 128 valence electrons. The van der Waals surface area contributed by atoms with Crippen LogP contribution in [0.15, 0.2) is 60.8 Å². The minimum atomic E-state index is -0.442. The molecule has 0 aliphatic rings. The number of benzene rings is 2. The van der Waals surface area contributed by atoms with Gasteiger partial charge >= 0.3 is 5.97 Å². The van der Waals surface area contributed by atoms with Crippen molar-refractivity contribution < 1.29 is 9.53 Å². The lowest BCUT2D eigenvalue weighted by Gasteiger charge is -2.11. The van der Waals surface area contributed by atoms with E-state index in [9.17, 15) is 4.79 Å². The molecule has 4 rings (SSSR count). The monoisotopic (exact) mass is 344 g/mol. The van der Waals surface area contributed by atoms with Crippen LogP contribution in [-0.2, 0) is 4.74 Å². The average molecular weight is 344 g/mol. The van der Waals surface area contributed by atoms with E-state index in [0.29, 0.717) is 22.5 Å². The molecule has 0 spiro atoms. The number of H-pyrrole nitrogens is 1. The number of hydrogen-bond donors (Lipinski definition) is 2. The number of aromatic amines is 1. The number of hydrogen-bond acceptors (Lipinski definition) is 5. The number of fused-ring (bicyclic) bond motifs is 1. The van der Waals surface area contributed by atoms with Crippen molar-refractivity contribution in [2.75, 3.05) is 12.8 Å². The van der Waals surface area contributed by atoms with Crippen LogP contribution in [0.3, 0.4) is 0 Å². The Kier molecular flexibility index (Phi) is 3.85. The van der Waals surface area contributed by atoms with Crippen LogP contribution < -0.4 is 5.73 Å². The first-order valence-corrected chi connectivity index (χ1v) is 8.05. The minimum Gasteiger partial charge on any atom is -0.465 e. The lowest BCUT2D eigenvalue weighted by molar-refractivity contribution is 0.0601. The molecule has 0 unspecified atom stereocenters. The number of rotatable bonds is 3. The Morgan fingerprint density at radius 3 is 2.65 bits per heavy atom. The molecular weight excluding hydrogens is 328 g/mol. The average Bonchev–Trinajstić information content (AvgIpc) is 3.11. The number of aromatic nitrogens is 3. The molecule has 0 amide bonds. The van der Waals surface area contributed by atoms with E-state index >= 15 is 0 Å². The van der Waals surface area contributed by atoms with Crippen molar-refractivity contribution in [3.8, 4) is 22.4 Å². The summed E-state index contributed by atoms with van der Waals surface area (Å²) in [6.07, 6.45) is 1.66. The van der Waals surface area contributed by atoms with Gasteiger partial charge in [-0.25, -0.2) is 9.78 Å². The first-order chi connectivity index (χ1) is 12.7. The van der Waals surface area contributed by atoms with E-state index < -0.39 is 5.97 Å². The molecule has 2 aromatic carbocycles. The molecule has 2 heterocycles. The predicted molar refractivity (Wildman–Crippen MR) is 101 cm³/mol. The van der Waals surface area contributed by atoms with E-state index in [4.69, 9.17) is 10.5 Å². The summed E-state index contributed by atoms with van der Waals surface area (Å²) in [7, 11) is 1.35. The highest BCUT2D eigenvalue weighted by Crippen LogP contribution is 2.33. The van der Waals surface area contributed by atoms with Crippen LogP contribution in [-0.4, -0.2) is 28.3 Å². The fourth-order valence-corrected chi connectivity index (χ4v) is 3.03. The highest BCUT2D eigenvalue weighted by atomic mass is 16.5. The zero-order valence-corrected chi connectivity index (χ0v) is 14.1. The predicted octanol–water partition coefficient (Wildman–Crippen LogP) is 3.66. The second-order valence-corrected chi connectivity index (χ2v) is 5.82. The molecule has 0 fully saturated rings. The number of pyridine rings is 1. The van der Waals surface area contributed by atoms with Crippen LogP contribution in [0.1, 0.15) is 10.4 Å². The summed E-state index contributed by atoms with van der Waals surface area (Å²) in [5.74, 6) is -0.442. The van der Waals surface area contributed by atoms with Gasteiger partial charge in [-0.05, 0) is 18.2 Å². The molecule has 0 atom stereocenters. The van der Waals surface area contributed by atoms with E-state index in [1.807, 2.05) is 36.4 Å². The minimum absolute atomic E-state index is 0.401. The van der Waals surface area contributed by atoms with Gasteiger partial charge in [-0.3, -0.25) is 5.10 Å². The summed E-state index contributed by atoms with van der Waals surface area (Å²) in [6.45, 7) is 0. The Morgan fingerprint density at radius 2 is 1.88 bits per heavy atom. The van der Waals surface area contributed by atoms with Gasteiger partial charge in [0, 0.05) is 34.0 Å². The molecule has 3 N–H and O–H groups in total. The highest BCUT2D eigenvalue weighted by molar-refractivity contribution is 6.02. The molecule has 26 heavy (non-hydrogen) atoms. The third-order valence-electron chi connectivity index (χ3n) is 4.26. The summed E-state index contributed by atoms with van der Waals surface area (Å²) < 4.78 is 4.89. The number of esters is 1. The highest BCUT2D eigenvalue weighted by Gasteiger charge is 2.18. The first-order valence-electron chi connectivity index (χ1n) is 8.05. The molecule has 0 radical (unpaired) electrons. The number of carbonyl (C=O) groups excluding carboxylic acids is 1.